The molecule has 0 fully saturated rings. The summed E-state index contributed by atoms with van der Waals surface area (Å²) in [6.07, 6.45) is 4.03. The van der Waals surface area contributed by atoms with Crippen molar-refractivity contribution in [3.05, 3.63) is 99.7 Å². The maximum absolute atomic E-state index is 11.1. The van der Waals surface area contributed by atoms with E-state index < -0.39 is 4.92 Å². The molecule has 1 atom stereocenters. The van der Waals surface area contributed by atoms with Crippen LogP contribution in [0.4, 0.5) is 11.6 Å². The Bertz CT molecular complexity index is 1630. The minimum absolute atomic E-state index is 0.0434. The molecule has 186 valence electrons. The molecule has 5 aromatic rings. The third kappa shape index (κ3) is 4.91. The van der Waals surface area contributed by atoms with Gasteiger partial charge < -0.3 is 19.8 Å². The van der Waals surface area contributed by atoms with Crippen molar-refractivity contribution >= 4 is 22.6 Å². The van der Waals surface area contributed by atoms with Crippen molar-refractivity contribution in [2.45, 2.75) is 40.2 Å². The number of rotatable bonds is 7. The minimum Gasteiger partial charge on any atom is -0.464 e. The number of aryl methyl sites for hydroxylation is 3. The van der Waals surface area contributed by atoms with Crippen molar-refractivity contribution in [1.82, 2.24) is 15.0 Å². The van der Waals surface area contributed by atoms with Crippen molar-refractivity contribution in [2.75, 3.05) is 5.32 Å². The Labute approximate surface area is 214 Å². The van der Waals surface area contributed by atoms with Crippen LogP contribution in [0.5, 0.6) is 0 Å². The normalized spacial score (nSPS) is 12.0. The third-order valence-corrected chi connectivity index (χ3v) is 6.46. The summed E-state index contributed by atoms with van der Waals surface area (Å²) in [7, 11) is 0. The molecule has 0 saturated heterocycles. The molecule has 0 aliphatic rings. The van der Waals surface area contributed by atoms with Gasteiger partial charge >= 0.3 is 5.82 Å². The Morgan fingerprint density at radius 1 is 1.00 bits per heavy atom. The fourth-order valence-electron chi connectivity index (χ4n) is 4.40. The van der Waals surface area contributed by atoms with Gasteiger partial charge in [-0.2, -0.15) is 0 Å². The summed E-state index contributed by atoms with van der Waals surface area (Å²) in [4.78, 5) is 24.2. The van der Waals surface area contributed by atoms with E-state index >= 15 is 0 Å². The van der Waals surface area contributed by atoms with Crippen LogP contribution in [0.3, 0.4) is 0 Å². The third-order valence-electron chi connectivity index (χ3n) is 6.46. The molecule has 0 aliphatic heterocycles. The number of benzene rings is 2. The van der Waals surface area contributed by atoms with E-state index in [0.717, 1.165) is 56.1 Å². The van der Waals surface area contributed by atoms with Gasteiger partial charge in [0.1, 0.15) is 23.4 Å². The topological polar surface area (TPSA) is 107 Å². The lowest BCUT2D eigenvalue weighted by atomic mass is 10.00. The standard InChI is InChI=1S/C29H27N5O3/c1-5-27-32-25(22-9-10-26-24(13-22)18(3)16-37-26)14-28(33-27)31-19(4)20-7-6-8-21(12-20)23-11-17(2)29(30-15-23)34(35)36/h6-16,19H,5H2,1-4H3,(H,31,32,33)/t19-/m0/s1. The fourth-order valence-corrected chi connectivity index (χ4v) is 4.40. The average molecular weight is 494 g/mol. The predicted octanol–water partition coefficient (Wildman–Crippen LogP) is 7.21. The quantitative estimate of drug-likeness (QED) is 0.188. The molecule has 8 nitrogen and oxygen atoms in total. The van der Waals surface area contributed by atoms with Gasteiger partial charge in [0.15, 0.2) is 0 Å². The largest absolute Gasteiger partial charge is 0.464 e. The Morgan fingerprint density at radius 2 is 1.84 bits per heavy atom. The first-order valence-electron chi connectivity index (χ1n) is 12.2. The number of hydrogen-bond donors (Lipinski definition) is 1. The Hall–Kier alpha value is -4.59. The van der Waals surface area contributed by atoms with E-state index in [1.807, 2.05) is 50.2 Å². The second-order valence-electron chi connectivity index (χ2n) is 9.15. The lowest BCUT2D eigenvalue weighted by Crippen LogP contribution is -2.10. The highest BCUT2D eigenvalue weighted by atomic mass is 16.6. The summed E-state index contributed by atoms with van der Waals surface area (Å²) < 4.78 is 5.60. The maximum Gasteiger partial charge on any atom is 0.366 e. The summed E-state index contributed by atoms with van der Waals surface area (Å²) in [5.74, 6) is 1.39. The fraction of sp³-hybridized carbons (Fsp3) is 0.207. The molecule has 0 aliphatic carbocycles. The molecule has 1 N–H and O–H groups in total. The highest BCUT2D eigenvalue weighted by Crippen LogP contribution is 2.30. The van der Waals surface area contributed by atoms with Crippen LogP contribution in [-0.4, -0.2) is 19.9 Å². The van der Waals surface area contributed by atoms with E-state index in [9.17, 15) is 10.1 Å². The van der Waals surface area contributed by atoms with Crippen molar-refractivity contribution in [3.63, 3.8) is 0 Å². The van der Waals surface area contributed by atoms with Crippen LogP contribution in [0.2, 0.25) is 0 Å². The molecule has 0 radical (unpaired) electrons. The van der Waals surface area contributed by atoms with E-state index in [1.54, 1.807) is 25.5 Å². The second-order valence-corrected chi connectivity index (χ2v) is 9.15. The molecular weight excluding hydrogens is 466 g/mol. The van der Waals surface area contributed by atoms with Crippen LogP contribution in [0.25, 0.3) is 33.4 Å². The second kappa shape index (κ2) is 9.81. The number of aromatic nitrogens is 3. The van der Waals surface area contributed by atoms with E-state index in [1.165, 1.54) is 0 Å². The zero-order valence-electron chi connectivity index (χ0n) is 21.1. The predicted molar refractivity (Wildman–Crippen MR) is 144 cm³/mol. The first-order valence-corrected chi connectivity index (χ1v) is 12.2. The monoisotopic (exact) mass is 493 g/mol. The molecule has 5 rings (SSSR count). The van der Waals surface area contributed by atoms with E-state index in [-0.39, 0.29) is 11.9 Å². The van der Waals surface area contributed by atoms with E-state index in [2.05, 4.69) is 29.4 Å². The van der Waals surface area contributed by atoms with Gasteiger partial charge in [-0.1, -0.05) is 25.1 Å². The molecule has 3 aromatic heterocycles. The number of nitrogens with zero attached hydrogens (tertiary/aromatic N) is 4. The number of fused-ring (bicyclic) bond motifs is 1. The molecule has 0 saturated carbocycles. The number of hydrogen-bond acceptors (Lipinski definition) is 7. The van der Waals surface area contributed by atoms with Gasteiger partial charge in [-0.15, -0.1) is 0 Å². The van der Waals surface area contributed by atoms with Crippen LogP contribution >= 0.6 is 0 Å². The number of furan rings is 1. The van der Waals surface area contributed by atoms with E-state index in [0.29, 0.717) is 12.0 Å². The lowest BCUT2D eigenvalue weighted by molar-refractivity contribution is -0.390. The van der Waals surface area contributed by atoms with Gasteiger partial charge in [0.05, 0.1) is 12.0 Å². The van der Waals surface area contributed by atoms with Crippen LogP contribution in [0.15, 0.2) is 71.5 Å². The minimum atomic E-state index is -0.462. The van der Waals surface area contributed by atoms with Gasteiger partial charge in [-0.25, -0.2) is 9.97 Å². The summed E-state index contributed by atoms with van der Waals surface area (Å²) in [5, 5.41) is 15.7. The zero-order valence-corrected chi connectivity index (χ0v) is 21.1. The van der Waals surface area contributed by atoms with Crippen molar-refractivity contribution < 1.29 is 9.34 Å². The smallest absolute Gasteiger partial charge is 0.366 e. The Kier molecular flexibility index (Phi) is 6.40. The summed E-state index contributed by atoms with van der Waals surface area (Å²) in [6, 6.07) is 17.9. The molecule has 0 amide bonds. The summed E-state index contributed by atoms with van der Waals surface area (Å²) in [6.45, 7) is 7.85. The van der Waals surface area contributed by atoms with Crippen LogP contribution in [0, 0.1) is 24.0 Å². The highest BCUT2D eigenvalue weighted by Gasteiger charge is 2.15. The number of anilines is 1. The molecule has 0 spiro atoms. The molecule has 37 heavy (non-hydrogen) atoms. The zero-order chi connectivity index (χ0) is 26.1. The molecule has 3 heterocycles. The molecule has 2 aromatic carbocycles. The van der Waals surface area contributed by atoms with Crippen molar-refractivity contribution in [1.29, 1.82) is 0 Å². The van der Waals surface area contributed by atoms with Gasteiger partial charge in [-0.3, -0.25) is 0 Å². The van der Waals surface area contributed by atoms with Crippen LogP contribution < -0.4 is 5.32 Å². The first kappa shape index (κ1) is 24.1. The van der Waals surface area contributed by atoms with Crippen LogP contribution in [-0.2, 0) is 6.42 Å². The van der Waals surface area contributed by atoms with Crippen molar-refractivity contribution in [2.24, 2.45) is 0 Å². The maximum atomic E-state index is 11.1. The average Bonchev–Trinajstić information content (AvgIpc) is 3.28. The van der Waals surface area contributed by atoms with Gasteiger partial charge in [-0.05, 0) is 77.7 Å². The highest BCUT2D eigenvalue weighted by molar-refractivity contribution is 5.85. The molecule has 8 heteroatoms. The van der Waals surface area contributed by atoms with Gasteiger partial charge in [0, 0.05) is 40.6 Å². The Morgan fingerprint density at radius 3 is 2.59 bits per heavy atom. The number of nitro groups is 1. The Balaban J connectivity index is 1.43. The first-order chi connectivity index (χ1) is 17.8. The molecule has 0 bridgehead atoms. The number of pyridine rings is 1. The van der Waals surface area contributed by atoms with Crippen LogP contribution in [0.1, 0.15) is 42.4 Å². The van der Waals surface area contributed by atoms with Gasteiger partial charge in [0.25, 0.3) is 0 Å². The number of nitrogens with one attached hydrogen (secondary N) is 1. The molecular formula is C29H27N5O3. The lowest BCUT2D eigenvalue weighted by Gasteiger charge is -2.17. The SMILES string of the molecule is CCc1nc(N[C@@H](C)c2cccc(-c3cnc([N+](=O)[O-])c(C)c3)c2)cc(-c2ccc3occ(C)c3c2)n1. The van der Waals surface area contributed by atoms with Gasteiger partial charge in [0.2, 0.25) is 0 Å². The summed E-state index contributed by atoms with van der Waals surface area (Å²) >= 11 is 0. The molecule has 0 unspecified atom stereocenters. The summed E-state index contributed by atoms with van der Waals surface area (Å²) in [5.41, 5.74) is 7.17. The van der Waals surface area contributed by atoms with Crippen molar-refractivity contribution in [3.8, 4) is 22.4 Å². The van der Waals surface area contributed by atoms with E-state index in [4.69, 9.17) is 14.4 Å².